The molecule has 3 aliphatic carbocycles. The van der Waals surface area contributed by atoms with Crippen molar-refractivity contribution < 1.29 is 4.42 Å². The van der Waals surface area contributed by atoms with Gasteiger partial charge >= 0.3 is 0 Å². The molecule has 9 aromatic rings. The lowest BCUT2D eigenvalue weighted by Crippen LogP contribution is -2.33. The SMILES string of the molecule is CC1(C)CCC(C)(C)c2cc3c(cc21)oc1cc(N(c2cccc(C4(c5ccccc5)c5ccccc5-c5ccccc54)c2)c2ccc4c(c2)C(C)(C)c2ccccc2-4)ccc13. The number of anilines is 3. The van der Waals surface area contributed by atoms with Crippen LogP contribution >= 0.6 is 0 Å². The third kappa shape index (κ3) is 5.10. The number of furan rings is 1. The summed E-state index contributed by atoms with van der Waals surface area (Å²) in [6.07, 6.45) is 2.35. The van der Waals surface area contributed by atoms with Crippen LogP contribution in [0.3, 0.4) is 0 Å². The van der Waals surface area contributed by atoms with Gasteiger partial charge in [0.05, 0.1) is 5.41 Å². The van der Waals surface area contributed by atoms with Crippen LogP contribution in [0, 0.1) is 0 Å². The van der Waals surface area contributed by atoms with Crippen LogP contribution < -0.4 is 4.90 Å². The highest BCUT2D eigenvalue weighted by molar-refractivity contribution is 6.07. The number of hydrogen-bond donors (Lipinski definition) is 0. The van der Waals surface area contributed by atoms with E-state index in [2.05, 4.69) is 222 Å². The van der Waals surface area contributed by atoms with Crippen LogP contribution in [0.5, 0.6) is 0 Å². The zero-order valence-corrected chi connectivity index (χ0v) is 36.5. The molecule has 0 unspecified atom stereocenters. The zero-order valence-electron chi connectivity index (χ0n) is 36.5. The van der Waals surface area contributed by atoms with Crippen LogP contribution in [0.25, 0.3) is 44.2 Å². The first-order chi connectivity index (χ1) is 30.0. The molecule has 1 heterocycles. The van der Waals surface area contributed by atoms with Crippen LogP contribution in [0.15, 0.2) is 180 Å². The Balaban J connectivity index is 1.09. The molecule has 0 saturated carbocycles. The molecule has 0 saturated heterocycles. The van der Waals surface area contributed by atoms with Crippen molar-refractivity contribution in [3.05, 3.63) is 220 Å². The van der Waals surface area contributed by atoms with Crippen molar-refractivity contribution in [2.45, 2.75) is 76.0 Å². The van der Waals surface area contributed by atoms with E-state index < -0.39 is 5.41 Å². The Morgan fingerprint density at radius 3 is 1.58 bits per heavy atom. The van der Waals surface area contributed by atoms with Crippen molar-refractivity contribution in [2.75, 3.05) is 4.90 Å². The molecule has 0 fully saturated rings. The van der Waals surface area contributed by atoms with Crippen LogP contribution in [-0.2, 0) is 21.7 Å². The van der Waals surface area contributed by atoms with Gasteiger partial charge in [0.15, 0.2) is 0 Å². The van der Waals surface area contributed by atoms with Crippen LogP contribution in [-0.4, -0.2) is 0 Å². The molecule has 0 N–H and O–H groups in total. The fourth-order valence-corrected chi connectivity index (χ4v) is 11.8. The lowest BCUT2D eigenvalue weighted by Gasteiger charge is -2.41. The Morgan fingerprint density at radius 1 is 0.371 bits per heavy atom. The van der Waals surface area contributed by atoms with Gasteiger partial charge in [-0.05, 0) is 139 Å². The lowest BCUT2D eigenvalue weighted by atomic mass is 9.63. The fraction of sp³-hybridized carbons (Fsp3) is 0.200. The maximum atomic E-state index is 6.92. The first kappa shape index (κ1) is 37.1. The normalized spacial score (nSPS) is 16.9. The van der Waals surface area contributed by atoms with E-state index in [1.807, 2.05) is 0 Å². The number of fused-ring (bicyclic) bond motifs is 10. The third-order valence-corrected chi connectivity index (χ3v) is 15.2. The van der Waals surface area contributed by atoms with Crippen molar-refractivity contribution in [3.8, 4) is 22.3 Å². The minimum absolute atomic E-state index is 0.101. The van der Waals surface area contributed by atoms with E-state index in [4.69, 9.17) is 4.42 Å². The Hall–Kier alpha value is -6.64. The molecule has 0 amide bonds. The topological polar surface area (TPSA) is 16.4 Å². The predicted octanol–water partition coefficient (Wildman–Crippen LogP) is 16.1. The number of hydrogen-bond acceptors (Lipinski definition) is 2. The zero-order chi connectivity index (χ0) is 42.2. The minimum Gasteiger partial charge on any atom is -0.456 e. The van der Waals surface area contributed by atoms with Gasteiger partial charge in [-0.3, -0.25) is 0 Å². The Kier molecular flexibility index (Phi) is 7.75. The summed E-state index contributed by atoms with van der Waals surface area (Å²) in [5.74, 6) is 0. The molecule has 0 atom stereocenters. The molecule has 0 radical (unpaired) electrons. The van der Waals surface area contributed by atoms with Gasteiger partial charge in [-0.15, -0.1) is 0 Å². The number of benzene rings is 8. The van der Waals surface area contributed by atoms with Gasteiger partial charge in [0.2, 0.25) is 0 Å². The predicted molar refractivity (Wildman–Crippen MR) is 259 cm³/mol. The van der Waals surface area contributed by atoms with E-state index >= 15 is 0 Å². The number of nitrogens with zero attached hydrogens (tertiary/aromatic N) is 1. The highest BCUT2D eigenvalue weighted by Gasteiger charge is 2.46. The monoisotopic (exact) mass is 801 g/mol. The Bertz CT molecular complexity index is 3240. The second-order valence-corrected chi connectivity index (χ2v) is 19.9. The first-order valence-electron chi connectivity index (χ1n) is 22.4. The highest BCUT2D eigenvalue weighted by atomic mass is 16.3. The summed E-state index contributed by atoms with van der Waals surface area (Å²) < 4.78 is 6.92. The summed E-state index contributed by atoms with van der Waals surface area (Å²) >= 11 is 0. The summed E-state index contributed by atoms with van der Waals surface area (Å²) in [6, 6.07) is 66.1. The van der Waals surface area contributed by atoms with Crippen LogP contribution in [0.2, 0.25) is 0 Å². The molecule has 302 valence electrons. The Morgan fingerprint density at radius 2 is 0.887 bits per heavy atom. The molecule has 8 aromatic carbocycles. The average molecular weight is 802 g/mol. The third-order valence-electron chi connectivity index (χ3n) is 15.2. The van der Waals surface area contributed by atoms with E-state index in [0.29, 0.717) is 0 Å². The molecule has 2 nitrogen and oxygen atoms in total. The summed E-state index contributed by atoms with van der Waals surface area (Å²) in [7, 11) is 0. The van der Waals surface area contributed by atoms with Gasteiger partial charge in [0.1, 0.15) is 11.2 Å². The van der Waals surface area contributed by atoms with E-state index in [1.165, 1.54) is 85.0 Å². The molecule has 0 aliphatic heterocycles. The molecule has 1 aromatic heterocycles. The second kappa shape index (κ2) is 12.9. The molecule has 0 spiro atoms. The van der Waals surface area contributed by atoms with Crippen molar-refractivity contribution in [3.63, 3.8) is 0 Å². The standard InChI is InChI=1S/C60H51NO/c1-57(2)31-32-58(3,4)54-37-56-48(36-53(54)57)47-30-28-42(35-55(47)62-56)61(41-27-29-46-43-21-10-13-24-49(43)59(5,6)52(46)34-41)40-20-16-19-39(33-40)60(38-17-8-7-9-18-38)50-25-14-11-22-44(50)45-23-12-15-26-51(45)60/h7-30,33-37H,31-32H2,1-6H3. The first-order valence-corrected chi connectivity index (χ1v) is 22.4. The molecule has 2 heteroatoms. The summed E-state index contributed by atoms with van der Waals surface area (Å²) in [5.41, 5.74) is 20.6. The maximum Gasteiger partial charge on any atom is 0.137 e. The minimum atomic E-state index is -0.513. The molecule has 62 heavy (non-hydrogen) atoms. The van der Waals surface area contributed by atoms with Crippen molar-refractivity contribution in [1.29, 1.82) is 0 Å². The second-order valence-electron chi connectivity index (χ2n) is 19.9. The highest BCUT2D eigenvalue weighted by Crippen LogP contribution is 2.57. The maximum absolute atomic E-state index is 6.92. The van der Waals surface area contributed by atoms with Gasteiger partial charge in [-0.1, -0.05) is 163 Å². The molecule has 3 aliphatic rings. The van der Waals surface area contributed by atoms with Crippen LogP contribution in [0.1, 0.15) is 98.9 Å². The van der Waals surface area contributed by atoms with Crippen molar-refractivity contribution in [2.24, 2.45) is 0 Å². The van der Waals surface area contributed by atoms with Gasteiger partial charge in [0, 0.05) is 39.3 Å². The van der Waals surface area contributed by atoms with Crippen LogP contribution in [0.4, 0.5) is 17.1 Å². The van der Waals surface area contributed by atoms with Gasteiger partial charge in [-0.2, -0.15) is 0 Å². The van der Waals surface area contributed by atoms with E-state index in [9.17, 15) is 0 Å². The largest absolute Gasteiger partial charge is 0.456 e. The Labute approximate surface area is 365 Å². The van der Waals surface area contributed by atoms with E-state index in [1.54, 1.807) is 0 Å². The van der Waals surface area contributed by atoms with Gasteiger partial charge in [-0.25, -0.2) is 0 Å². The summed E-state index contributed by atoms with van der Waals surface area (Å²) in [5, 5.41) is 2.36. The molecular formula is C60H51NO. The van der Waals surface area contributed by atoms with E-state index in [-0.39, 0.29) is 16.2 Å². The van der Waals surface area contributed by atoms with E-state index in [0.717, 1.165) is 33.6 Å². The lowest BCUT2D eigenvalue weighted by molar-refractivity contribution is 0.332. The summed E-state index contributed by atoms with van der Waals surface area (Å²) in [4.78, 5) is 2.46. The van der Waals surface area contributed by atoms with Crippen molar-refractivity contribution in [1.82, 2.24) is 0 Å². The van der Waals surface area contributed by atoms with Gasteiger partial charge < -0.3 is 9.32 Å². The fourth-order valence-electron chi connectivity index (χ4n) is 11.8. The number of rotatable bonds is 5. The van der Waals surface area contributed by atoms with Crippen molar-refractivity contribution >= 4 is 39.0 Å². The molecule has 0 bridgehead atoms. The smallest absolute Gasteiger partial charge is 0.137 e. The van der Waals surface area contributed by atoms with Gasteiger partial charge in [0.25, 0.3) is 0 Å². The summed E-state index contributed by atoms with van der Waals surface area (Å²) in [6.45, 7) is 14.3. The molecular weight excluding hydrogens is 751 g/mol. The molecule has 12 rings (SSSR count). The quantitative estimate of drug-likeness (QED) is 0.172. The average Bonchev–Trinajstić information content (AvgIpc) is 3.88.